The summed E-state index contributed by atoms with van der Waals surface area (Å²) in [6.07, 6.45) is 88.4. The van der Waals surface area contributed by atoms with Crippen molar-refractivity contribution in [1.82, 2.24) is 0 Å². The van der Waals surface area contributed by atoms with Crippen LogP contribution in [-0.4, -0.2) is 37.2 Å². The average molecular weight is 1090 g/mol. The zero-order chi connectivity index (χ0) is 56.4. The van der Waals surface area contributed by atoms with Crippen molar-refractivity contribution < 1.29 is 28.6 Å². The lowest BCUT2D eigenvalue weighted by Gasteiger charge is -2.18. The third-order valence-electron chi connectivity index (χ3n) is 14.3. The molecule has 1 atom stereocenters. The molecular weight excluding hydrogens is 961 g/mol. The van der Waals surface area contributed by atoms with E-state index in [9.17, 15) is 14.4 Å². The van der Waals surface area contributed by atoms with E-state index in [2.05, 4.69) is 118 Å². The standard InChI is InChI=1S/C72H124O6/c1-4-7-10-13-16-19-22-25-28-30-32-34-35-36-37-39-40-42-44-47-50-53-56-59-62-65-71(74)77-68-69(67-76-70(73)64-61-58-55-52-49-46-27-24-21-18-15-12-9-6-3)78-72(75)66-63-60-57-54-51-48-45-43-41-38-33-31-29-26-23-20-17-14-11-8-5-2/h7,10,16,19,23,25-26,28,31-34,36-37,41,43,69H,4-6,8-9,11-15,17-18,20-22,24,27,29-30,35,38-40,42,44-68H2,1-3H3/b10-7-,19-16-,26-23-,28-25-,33-31-,34-32-,37-36-,43-41-. The minimum atomic E-state index is -0.788. The Morgan fingerprint density at radius 1 is 0.269 bits per heavy atom. The van der Waals surface area contributed by atoms with Crippen LogP contribution < -0.4 is 0 Å². The summed E-state index contributed by atoms with van der Waals surface area (Å²) in [5, 5.41) is 0. The maximum atomic E-state index is 12.9. The summed E-state index contributed by atoms with van der Waals surface area (Å²) in [6.45, 7) is 6.53. The molecule has 6 nitrogen and oxygen atoms in total. The molecule has 0 bridgehead atoms. The Kier molecular flexibility index (Phi) is 62.7. The van der Waals surface area contributed by atoms with E-state index >= 15 is 0 Å². The van der Waals surface area contributed by atoms with E-state index in [4.69, 9.17) is 14.2 Å². The molecule has 0 amide bonds. The van der Waals surface area contributed by atoms with Gasteiger partial charge >= 0.3 is 17.9 Å². The van der Waals surface area contributed by atoms with E-state index in [-0.39, 0.29) is 31.1 Å². The molecule has 0 spiro atoms. The molecule has 0 aromatic rings. The minimum Gasteiger partial charge on any atom is -0.462 e. The topological polar surface area (TPSA) is 78.9 Å². The highest BCUT2D eigenvalue weighted by Gasteiger charge is 2.19. The van der Waals surface area contributed by atoms with Crippen LogP contribution in [0, 0.1) is 0 Å². The third kappa shape index (κ3) is 63.2. The first kappa shape index (κ1) is 74.3. The van der Waals surface area contributed by atoms with Crippen LogP contribution in [0.3, 0.4) is 0 Å². The van der Waals surface area contributed by atoms with Gasteiger partial charge in [0, 0.05) is 19.3 Å². The predicted molar refractivity (Wildman–Crippen MR) is 339 cm³/mol. The zero-order valence-electron chi connectivity index (χ0n) is 51.4. The number of esters is 3. The smallest absolute Gasteiger partial charge is 0.306 e. The molecule has 0 heterocycles. The molecular formula is C72H124O6. The molecule has 0 rings (SSSR count). The van der Waals surface area contributed by atoms with Crippen LogP contribution in [0.2, 0.25) is 0 Å². The van der Waals surface area contributed by atoms with Gasteiger partial charge in [0.1, 0.15) is 13.2 Å². The Hall–Kier alpha value is -3.67. The van der Waals surface area contributed by atoms with Gasteiger partial charge in [-0.1, -0.05) is 298 Å². The molecule has 6 heteroatoms. The van der Waals surface area contributed by atoms with Crippen molar-refractivity contribution in [2.45, 2.75) is 329 Å². The molecule has 0 fully saturated rings. The first-order valence-corrected chi connectivity index (χ1v) is 33.2. The molecule has 78 heavy (non-hydrogen) atoms. The molecule has 0 N–H and O–H groups in total. The normalized spacial score (nSPS) is 12.7. The van der Waals surface area contributed by atoms with E-state index in [0.29, 0.717) is 19.3 Å². The number of allylic oxidation sites excluding steroid dienone is 16. The highest BCUT2D eigenvalue weighted by molar-refractivity contribution is 5.71. The Morgan fingerprint density at radius 2 is 0.500 bits per heavy atom. The van der Waals surface area contributed by atoms with Gasteiger partial charge in [-0.15, -0.1) is 0 Å². The Morgan fingerprint density at radius 3 is 0.782 bits per heavy atom. The van der Waals surface area contributed by atoms with Crippen molar-refractivity contribution in [3.63, 3.8) is 0 Å². The SMILES string of the molecule is CC/C=C\C/C=C\C/C=C\C/C=C\C/C=C\CCCCCCCCCCCC(=O)OCC(COC(=O)CCCCCCCCCCCCCCCC)OC(=O)CCCCCCCC/C=C\C/C=C\C/C=C\CCCCCCC. The number of rotatable bonds is 60. The lowest BCUT2D eigenvalue weighted by atomic mass is 10.0. The van der Waals surface area contributed by atoms with Gasteiger partial charge in [-0.2, -0.15) is 0 Å². The number of unbranched alkanes of at least 4 members (excludes halogenated alkanes) is 33. The van der Waals surface area contributed by atoms with Crippen molar-refractivity contribution in [2.75, 3.05) is 13.2 Å². The highest BCUT2D eigenvalue weighted by Crippen LogP contribution is 2.16. The van der Waals surface area contributed by atoms with Crippen molar-refractivity contribution >= 4 is 17.9 Å². The van der Waals surface area contributed by atoms with E-state index < -0.39 is 6.10 Å². The largest absolute Gasteiger partial charge is 0.462 e. The van der Waals surface area contributed by atoms with Crippen molar-refractivity contribution in [3.8, 4) is 0 Å². The van der Waals surface area contributed by atoms with E-state index in [1.54, 1.807) is 0 Å². The van der Waals surface area contributed by atoms with Crippen molar-refractivity contribution in [2.24, 2.45) is 0 Å². The third-order valence-corrected chi connectivity index (χ3v) is 14.3. The summed E-state index contributed by atoms with van der Waals surface area (Å²) in [5.41, 5.74) is 0. The molecule has 1 unspecified atom stereocenters. The molecule has 0 radical (unpaired) electrons. The molecule has 0 aliphatic rings. The maximum absolute atomic E-state index is 12.9. The molecule has 0 aliphatic carbocycles. The van der Waals surface area contributed by atoms with Gasteiger partial charge in [0.15, 0.2) is 6.10 Å². The quantitative estimate of drug-likeness (QED) is 0.0261. The number of ether oxygens (including phenoxy) is 3. The number of hydrogen-bond donors (Lipinski definition) is 0. The van der Waals surface area contributed by atoms with Crippen LogP contribution in [0.4, 0.5) is 0 Å². The van der Waals surface area contributed by atoms with Gasteiger partial charge in [-0.05, 0) is 103 Å². The first-order chi connectivity index (χ1) is 38.5. The Balaban J connectivity index is 4.37. The molecule has 448 valence electrons. The fraction of sp³-hybridized carbons (Fsp3) is 0.736. The van der Waals surface area contributed by atoms with Gasteiger partial charge in [0.2, 0.25) is 0 Å². The van der Waals surface area contributed by atoms with Crippen LogP contribution in [0.5, 0.6) is 0 Å². The lowest BCUT2D eigenvalue weighted by Crippen LogP contribution is -2.30. The first-order valence-electron chi connectivity index (χ1n) is 33.2. The summed E-state index contributed by atoms with van der Waals surface area (Å²) in [7, 11) is 0. The van der Waals surface area contributed by atoms with Gasteiger partial charge in [0.25, 0.3) is 0 Å². The fourth-order valence-electron chi connectivity index (χ4n) is 9.36. The average Bonchev–Trinajstić information content (AvgIpc) is 3.44. The van der Waals surface area contributed by atoms with E-state index in [1.165, 1.54) is 161 Å². The molecule has 0 aliphatic heterocycles. The minimum absolute atomic E-state index is 0.0821. The molecule has 0 saturated carbocycles. The van der Waals surface area contributed by atoms with Crippen molar-refractivity contribution in [1.29, 1.82) is 0 Å². The summed E-state index contributed by atoms with van der Waals surface area (Å²) in [4.78, 5) is 38.4. The van der Waals surface area contributed by atoms with E-state index in [0.717, 1.165) is 122 Å². The second-order valence-corrected chi connectivity index (χ2v) is 22.0. The second kappa shape index (κ2) is 65.8. The predicted octanol–water partition coefficient (Wildman–Crippen LogP) is 22.8. The van der Waals surface area contributed by atoms with Crippen LogP contribution in [0.1, 0.15) is 323 Å². The monoisotopic (exact) mass is 1080 g/mol. The van der Waals surface area contributed by atoms with Crippen LogP contribution >= 0.6 is 0 Å². The second-order valence-electron chi connectivity index (χ2n) is 22.0. The van der Waals surface area contributed by atoms with Gasteiger partial charge in [0.05, 0.1) is 0 Å². The van der Waals surface area contributed by atoms with Gasteiger partial charge in [-0.25, -0.2) is 0 Å². The van der Waals surface area contributed by atoms with Crippen molar-refractivity contribution in [3.05, 3.63) is 97.2 Å². The summed E-state index contributed by atoms with van der Waals surface area (Å²) in [5.74, 6) is -0.888. The van der Waals surface area contributed by atoms with Crippen LogP contribution in [-0.2, 0) is 28.6 Å². The Labute approximate surface area is 483 Å². The molecule has 0 aromatic heterocycles. The van der Waals surface area contributed by atoms with Crippen LogP contribution in [0.25, 0.3) is 0 Å². The Bertz CT molecular complexity index is 1530. The maximum Gasteiger partial charge on any atom is 0.306 e. The lowest BCUT2D eigenvalue weighted by molar-refractivity contribution is -0.167. The molecule has 0 saturated heterocycles. The summed E-state index contributed by atoms with van der Waals surface area (Å²) >= 11 is 0. The highest BCUT2D eigenvalue weighted by atomic mass is 16.6. The molecule has 0 aromatic carbocycles. The van der Waals surface area contributed by atoms with Gasteiger partial charge in [-0.3, -0.25) is 14.4 Å². The summed E-state index contributed by atoms with van der Waals surface area (Å²) in [6, 6.07) is 0. The zero-order valence-corrected chi connectivity index (χ0v) is 51.4. The fourth-order valence-corrected chi connectivity index (χ4v) is 9.36. The van der Waals surface area contributed by atoms with Gasteiger partial charge < -0.3 is 14.2 Å². The number of hydrogen-bond acceptors (Lipinski definition) is 6. The number of carbonyl (C=O) groups is 3. The van der Waals surface area contributed by atoms with E-state index in [1.807, 2.05) is 0 Å². The number of carbonyl (C=O) groups excluding carboxylic acids is 3. The summed E-state index contributed by atoms with van der Waals surface area (Å²) < 4.78 is 16.9. The van der Waals surface area contributed by atoms with Crippen LogP contribution in [0.15, 0.2) is 97.2 Å².